The van der Waals surface area contributed by atoms with Gasteiger partial charge in [0, 0.05) is 42.8 Å². The Morgan fingerprint density at radius 2 is 1.83 bits per heavy atom. The van der Waals surface area contributed by atoms with Gasteiger partial charge in [0.15, 0.2) is 0 Å². The maximum atomic E-state index is 5.40. The number of anilines is 4. The van der Waals surface area contributed by atoms with Crippen LogP contribution in [0.15, 0.2) is 54.7 Å². The van der Waals surface area contributed by atoms with Gasteiger partial charge in [-0.25, -0.2) is 4.98 Å². The van der Waals surface area contributed by atoms with Crippen molar-refractivity contribution >= 4 is 23.1 Å². The van der Waals surface area contributed by atoms with E-state index < -0.39 is 0 Å². The van der Waals surface area contributed by atoms with E-state index in [0.29, 0.717) is 12.5 Å². The molecule has 0 spiro atoms. The second-order valence-corrected chi connectivity index (χ2v) is 6.73. The third-order valence-corrected chi connectivity index (χ3v) is 4.89. The molecular weight excluding hydrogens is 362 g/mol. The lowest BCUT2D eigenvalue weighted by Crippen LogP contribution is -2.21. The normalized spacial score (nSPS) is 10.5. The molecule has 0 aliphatic heterocycles. The Labute approximate surface area is 173 Å². The second kappa shape index (κ2) is 9.78. The molecule has 0 atom stereocenters. The summed E-state index contributed by atoms with van der Waals surface area (Å²) in [7, 11) is 1.67. The fraction of sp³-hybridized carbons (Fsp3) is 0.304. The number of methoxy groups -OCH3 is 1. The van der Waals surface area contributed by atoms with Crippen molar-refractivity contribution in [2.24, 2.45) is 0 Å². The Bertz CT molecular complexity index is 940. The van der Waals surface area contributed by atoms with E-state index in [9.17, 15) is 0 Å². The molecule has 6 nitrogen and oxygen atoms in total. The van der Waals surface area contributed by atoms with Crippen LogP contribution < -0.4 is 20.3 Å². The van der Waals surface area contributed by atoms with Gasteiger partial charge < -0.3 is 20.3 Å². The fourth-order valence-corrected chi connectivity index (χ4v) is 3.25. The average molecular weight is 392 g/mol. The van der Waals surface area contributed by atoms with Gasteiger partial charge in [-0.3, -0.25) is 0 Å². The first-order chi connectivity index (χ1) is 14.1. The van der Waals surface area contributed by atoms with Crippen molar-refractivity contribution < 1.29 is 4.74 Å². The summed E-state index contributed by atoms with van der Waals surface area (Å²) in [5.74, 6) is 2.16. The van der Waals surface area contributed by atoms with E-state index in [0.717, 1.165) is 35.9 Å². The van der Waals surface area contributed by atoms with Gasteiger partial charge >= 0.3 is 0 Å². The van der Waals surface area contributed by atoms with Gasteiger partial charge in [0.25, 0.3) is 0 Å². The van der Waals surface area contributed by atoms with Gasteiger partial charge in [0.2, 0.25) is 5.95 Å². The second-order valence-electron chi connectivity index (χ2n) is 6.73. The van der Waals surface area contributed by atoms with Gasteiger partial charge in [-0.2, -0.15) is 4.98 Å². The number of hydrogen-bond donors (Lipinski definition) is 2. The smallest absolute Gasteiger partial charge is 0.224 e. The summed E-state index contributed by atoms with van der Waals surface area (Å²) < 4.78 is 5.40. The molecule has 1 aromatic heterocycles. The van der Waals surface area contributed by atoms with Crippen LogP contribution in [0.2, 0.25) is 0 Å². The Morgan fingerprint density at radius 3 is 2.55 bits per heavy atom. The molecular formula is C23H29N5O. The van der Waals surface area contributed by atoms with Gasteiger partial charge in [0.05, 0.1) is 7.11 Å². The molecule has 0 saturated carbocycles. The van der Waals surface area contributed by atoms with Gasteiger partial charge in [-0.1, -0.05) is 18.2 Å². The summed E-state index contributed by atoms with van der Waals surface area (Å²) >= 11 is 0. The number of rotatable bonds is 9. The predicted octanol–water partition coefficient (Wildman–Crippen LogP) is 5.00. The number of nitrogens with zero attached hydrogens (tertiary/aromatic N) is 3. The number of aromatic nitrogens is 2. The van der Waals surface area contributed by atoms with Crippen LogP contribution >= 0.6 is 0 Å². The van der Waals surface area contributed by atoms with E-state index in [-0.39, 0.29) is 0 Å². The van der Waals surface area contributed by atoms with Crippen molar-refractivity contribution in [1.82, 2.24) is 9.97 Å². The minimum Gasteiger partial charge on any atom is -0.496 e. The Morgan fingerprint density at radius 1 is 1.03 bits per heavy atom. The van der Waals surface area contributed by atoms with Crippen molar-refractivity contribution in [2.75, 3.05) is 35.7 Å². The van der Waals surface area contributed by atoms with Crippen molar-refractivity contribution in [3.63, 3.8) is 0 Å². The van der Waals surface area contributed by atoms with Crippen LogP contribution in [0.25, 0.3) is 0 Å². The maximum absolute atomic E-state index is 5.40. The molecule has 0 aliphatic carbocycles. The van der Waals surface area contributed by atoms with Crippen molar-refractivity contribution in [3.8, 4) is 5.75 Å². The third kappa shape index (κ3) is 5.16. The highest BCUT2D eigenvalue weighted by Crippen LogP contribution is 2.25. The minimum absolute atomic E-state index is 0.568. The topological polar surface area (TPSA) is 62.3 Å². The number of aryl methyl sites for hydroxylation is 1. The zero-order valence-corrected chi connectivity index (χ0v) is 17.6. The Hall–Kier alpha value is -3.28. The summed E-state index contributed by atoms with van der Waals surface area (Å²) in [5, 5.41) is 6.67. The zero-order valence-electron chi connectivity index (χ0n) is 17.6. The summed E-state index contributed by atoms with van der Waals surface area (Å²) in [4.78, 5) is 11.2. The summed E-state index contributed by atoms with van der Waals surface area (Å²) in [5.41, 5.74) is 4.51. The van der Waals surface area contributed by atoms with E-state index in [1.54, 1.807) is 13.3 Å². The minimum atomic E-state index is 0.568. The average Bonchev–Trinajstić information content (AvgIpc) is 2.75. The van der Waals surface area contributed by atoms with E-state index in [4.69, 9.17) is 4.74 Å². The molecule has 3 aromatic rings. The molecule has 3 rings (SSSR count). The molecule has 0 saturated heterocycles. The number of ether oxygens (including phenoxy) is 1. The molecule has 2 N–H and O–H groups in total. The lowest BCUT2D eigenvalue weighted by atomic mass is 10.1. The highest BCUT2D eigenvalue weighted by molar-refractivity contribution is 5.65. The highest BCUT2D eigenvalue weighted by atomic mass is 16.5. The molecule has 0 fully saturated rings. The highest BCUT2D eigenvalue weighted by Gasteiger charge is 2.07. The van der Waals surface area contributed by atoms with Crippen LogP contribution in [-0.2, 0) is 6.54 Å². The molecule has 0 unspecified atom stereocenters. The maximum Gasteiger partial charge on any atom is 0.224 e. The Balaban J connectivity index is 1.70. The Kier molecular flexibility index (Phi) is 6.89. The first-order valence-electron chi connectivity index (χ1n) is 9.96. The van der Waals surface area contributed by atoms with E-state index in [1.165, 1.54) is 11.3 Å². The summed E-state index contributed by atoms with van der Waals surface area (Å²) in [6, 6.07) is 16.2. The number of benzene rings is 2. The molecule has 0 radical (unpaired) electrons. The molecule has 2 aromatic carbocycles. The monoisotopic (exact) mass is 391 g/mol. The van der Waals surface area contributed by atoms with Gasteiger partial charge in [0.1, 0.15) is 11.6 Å². The van der Waals surface area contributed by atoms with Crippen LogP contribution in [0.4, 0.5) is 23.1 Å². The lowest BCUT2D eigenvalue weighted by Gasteiger charge is -2.22. The van der Waals surface area contributed by atoms with Crippen LogP contribution in [0.5, 0.6) is 5.75 Å². The van der Waals surface area contributed by atoms with Crippen molar-refractivity contribution in [2.45, 2.75) is 27.3 Å². The number of nitrogens with one attached hydrogen (secondary N) is 2. The van der Waals surface area contributed by atoms with Crippen LogP contribution in [0.3, 0.4) is 0 Å². The third-order valence-electron chi connectivity index (χ3n) is 4.89. The molecule has 6 heteroatoms. The van der Waals surface area contributed by atoms with Crippen LogP contribution in [0.1, 0.15) is 25.0 Å². The quantitative estimate of drug-likeness (QED) is 0.535. The van der Waals surface area contributed by atoms with Crippen LogP contribution in [0, 0.1) is 6.92 Å². The first-order valence-corrected chi connectivity index (χ1v) is 9.96. The standard InChI is InChI=1S/C23H29N5O/c1-5-28(6-2)19-11-12-20(17(3)15-19)26-22-13-14-24-23(27-22)25-16-18-9-7-8-10-21(18)29-4/h7-15H,5-6,16H2,1-4H3,(H2,24,25,26,27). The molecule has 152 valence electrons. The van der Waals surface area contributed by atoms with E-state index >= 15 is 0 Å². The molecule has 0 aliphatic rings. The zero-order chi connectivity index (χ0) is 20.6. The summed E-state index contributed by atoms with van der Waals surface area (Å²) in [6.07, 6.45) is 1.75. The van der Waals surface area contributed by atoms with Gasteiger partial charge in [-0.05, 0) is 56.7 Å². The molecule has 0 bridgehead atoms. The number of hydrogen-bond acceptors (Lipinski definition) is 6. The first kappa shape index (κ1) is 20.5. The lowest BCUT2D eigenvalue weighted by molar-refractivity contribution is 0.410. The summed E-state index contributed by atoms with van der Waals surface area (Å²) in [6.45, 7) is 9.03. The molecule has 1 heterocycles. The molecule has 0 amide bonds. The van der Waals surface area contributed by atoms with Crippen molar-refractivity contribution in [1.29, 1.82) is 0 Å². The van der Waals surface area contributed by atoms with E-state index in [1.807, 2.05) is 30.3 Å². The SMILES string of the molecule is CCN(CC)c1ccc(Nc2ccnc(NCc3ccccc3OC)n2)c(C)c1. The predicted molar refractivity (Wildman–Crippen MR) is 120 cm³/mol. The van der Waals surface area contributed by atoms with Crippen LogP contribution in [-0.4, -0.2) is 30.2 Å². The fourth-order valence-electron chi connectivity index (χ4n) is 3.25. The van der Waals surface area contributed by atoms with E-state index in [2.05, 4.69) is 64.5 Å². The molecule has 29 heavy (non-hydrogen) atoms. The van der Waals surface area contributed by atoms with Gasteiger partial charge in [-0.15, -0.1) is 0 Å². The van der Waals surface area contributed by atoms with Crippen molar-refractivity contribution in [3.05, 3.63) is 65.9 Å². The largest absolute Gasteiger partial charge is 0.496 e. The number of para-hydroxylation sites is 1.